The molecule has 0 aliphatic rings. The minimum absolute atomic E-state index is 0.0175. The third kappa shape index (κ3) is 5.00. The molecule has 0 atom stereocenters. The van der Waals surface area contributed by atoms with Crippen molar-refractivity contribution in [3.8, 4) is 0 Å². The van der Waals surface area contributed by atoms with Crippen LogP contribution in [0.5, 0.6) is 0 Å². The minimum atomic E-state index is -3.62. The first-order valence-electron chi connectivity index (χ1n) is 7.34. The van der Waals surface area contributed by atoms with Crippen LogP contribution >= 0.6 is 0 Å². The monoisotopic (exact) mass is 346 g/mol. The minimum Gasteiger partial charge on any atom is -0.326 e. The molecule has 0 aliphatic heterocycles. The fraction of sp³-hybridized carbons (Fsp3) is 0.176. The van der Waals surface area contributed by atoms with Crippen molar-refractivity contribution in [3.63, 3.8) is 0 Å². The summed E-state index contributed by atoms with van der Waals surface area (Å²) in [6, 6.07) is 14.5. The molecule has 2 rings (SSSR count). The molecule has 0 saturated heterocycles. The molecule has 126 valence electrons. The molecular formula is C17H18N2O4S. The van der Waals surface area contributed by atoms with Crippen LogP contribution in [0.1, 0.15) is 23.7 Å². The Kier molecular flexibility index (Phi) is 5.83. The number of sulfonamides is 1. The zero-order chi connectivity index (χ0) is 17.6. The van der Waals surface area contributed by atoms with E-state index in [-0.39, 0.29) is 29.6 Å². The summed E-state index contributed by atoms with van der Waals surface area (Å²) in [6.45, 7) is 1.43. The van der Waals surface area contributed by atoms with Gasteiger partial charge >= 0.3 is 0 Å². The standard InChI is InChI=1S/C17H18N2O4S/c1-13(20)14-6-5-7-15(12-14)19-17(21)10-11-18-24(22,23)16-8-3-2-4-9-16/h2-9,12,18H,10-11H2,1H3,(H,19,21). The zero-order valence-electron chi connectivity index (χ0n) is 13.2. The molecule has 0 saturated carbocycles. The van der Waals surface area contributed by atoms with Crippen molar-refractivity contribution in [2.75, 3.05) is 11.9 Å². The molecule has 2 aromatic carbocycles. The van der Waals surface area contributed by atoms with Gasteiger partial charge in [-0.15, -0.1) is 0 Å². The van der Waals surface area contributed by atoms with Crippen LogP contribution in [0, 0.1) is 0 Å². The van der Waals surface area contributed by atoms with E-state index in [0.29, 0.717) is 11.3 Å². The van der Waals surface area contributed by atoms with Crippen molar-refractivity contribution in [3.05, 3.63) is 60.2 Å². The van der Waals surface area contributed by atoms with Gasteiger partial charge in [0.25, 0.3) is 0 Å². The molecule has 0 aliphatic carbocycles. The number of ketones is 1. The van der Waals surface area contributed by atoms with Gasteiger partial charge in [-0.3, -0.25) is 9.59 Å². The Hall–Kier alpha value is -2.51. The van der Waals surface area contributed by atoms with Crippen LogP contribution < -0.4 is 10.0 Å². The number of carbonyl (C=O) groups excluding carboxylic acids is 2. The van der Waals surface area contributed by atoms with Crippen molar-refractivity contribution in [2.45, 2.75) is 18.2 Å². The van der Waals surface area contributed by atoms with E-state index in [0.717, 1.165) is 0 Å². The average molecular weight is 346 g/mol. The molecule has 24 heavy (non-hydrogen) atoms. The summed E-state index contributed by atoms with van der Waals surface area (Å²) in [6.07, 6.45) is -0.0175. The van der Waals surface area contributed by atoms with Gasteiger partial charge in [-0.25, -0.2) is 13.1 Å². The highest BCUT2D eigenvalue weighted by Gasteiger charge is 2.13. The van der Waals surface area contributed by atoms with E-state index in [2.05, 4.69) is 10.0 Å². The van der Waals surface area contributed by atoms with Crippen LogP contribution in [0.4, 0.5) is 5.69 Å². The second kappa shape index (κ2) is 7.85. The molecule has 0 unspecified atom stereocenters. The maximum Gasteiger partial charge on any atom is 0.240 e. The summed E-state index contributed by atoms with van der Waals surface area (Å²) in [5.41, 5.74) is 0.996. The number of Topliss-reactive ketones (excluding diaryl/α,β-unsaturated/α-hetero) is 1. The smallest absolute Gasteiger partial charge is 0.240 e. The summed E-state index contributed by atoms with van der Waals surface area (Å²) >= 11 is 0. The largest absolute Gasteiger partial charge is 0.326 e. The molecule has 7 heteroatoms. The average Bonchev–Trinajstić information content (AvgIpc) is 2.55. The van der Waals surface area contributed by atoms with E-state index in [4.69, 9.17) is 0 Å². The highest BCUT2D eigenvalue weighted by atomic mass is 32.2. The van der Waals surface area contributed by atoms with Crippen molar-refractivity contribution < 1.29 is 18.0 Å². The maximum atomic E-state index is 12.0. The lowest BCUT2D eigenvalue weighted by atomic mass is 10.1. The number of carbonyl (C=O) groups is 2. The van der Waals surface area contributed by atoms with E-state index >= 15 is 0 Å². The summed E-state index contributed by atoms with van der Waals surface area (Å²) in [5.74, 6) is -0.437. The van der Waals surface area contributed by atoms with Gasteiger partial charge < -0.3 is 5.32 Å². The second-order valence-corrected chi connectivity index (χ2v) is 6.91. The Balaban J connectivity index is 1.88. The highest BCUT2D eigenvalue weighted by Crippen LogP contribution is 2.11. The first-order valence-corrected chi connectivity index (χ1v) is 8.82. The molecule has 0 heterocycles. The molecule has 2 aromatic rings. The summed E-state index contributed by atoms with van der Waals surface area (Å²) < 4.78 is 26.4. The molecule has 0 radical (unpaired) electrons. The molecule has 0 aromatic heterocycles. The predicted octanol–water partition coefficient (Wildman–Crippen LogP) is 2.20. The fourth-order valence-electron chi connectivity index (χ4n) is 2.02. The van der Waals surface area contributed by atoms with Gasteiger partial charge in [0, 0.05) is 24.2 Å². The van der Waals surface area contributed by atoms with Gasteiger partial charge in [-0.1, -0.05) is 30.3 Å². The molecule has 0 bridgehead atoms. The fourth-order valence-corrected chi connectivity index (χ4v) is 3.07. The van der Waals surface area contributed by atoms with Crippen LogP contribution in [0.2, 0.25) is 0 Å². The van der Waals surface area contributed by atoms with Crippen molar-refractivity contribution in [1.82, 2.24) is 4.72 Å². The van der Waals surface area contributed by atoms with E-state index in [1.165, 1.54) is 19.1 Å². The van der Waals surface area contributed by atoms with E-state index < -0.39 is 10.0 Å². The van der Waals surface area contributed by atoms with Gasteiger partial charge in [-0.05, 0) is 31.2 Å². The van der Waals surface area contributed by atoms with Gasteiger partial charge in [0.1, 0.15) is 0 Å². The number of benzene rings is 2. The van der Waals surface area contributed by atoms with Crippen LogP contribution in [0.3, 0.4) is 0 Å². The molecular weight excluding hydrogens is 328 g/mol. The molecule has 1 amide bonds. The van der Waals surface area contributed by atoms with Crippen molar-refractivity contribution in [2.24, 2.45) is 0 Å². The lowest BCUT2D eigenvalue weighted by molar-refractivity contribution is -0.116. The first-order chi connectivity index (χ1) is 11.4. The zero-order valence-corrected chi connectivity index (χ0v) is 14.0. The van der Waals surface area contributed by atoms with Gasteiger partial charge in [-0.2, -0.15) is 0 Å². The number of hydrogen-bond acceptors (Lipinski definition) is 4. The molecule has 0 spiro atoms. The third-order valence-corrected chi connectivity index (χ3v) is 4.73. The number of nitrogens with one attached hydrogen (secondary N) is 2. The van der Waals surface area contributed by atoms with Gasteiger partial charge in [0.05, 0.1) is 4.90 Å². The predicted molar refractivity (Wildman–Crippen MR) is 91.3 cm³/mol. The summed E-state index contributed by atoms with van der Waals surface area (Å²) in [4.78, 5) is 23.3. The molecule has 6 nitrogen and oxygen atoms in total. The molecule has 0 fully saturated rings. The Morgan fingerprint density at radius 3 is 2.38 bits per heavy atom. The van der Waals surface area contributed by atoms with Crippen molar-refractivity contribution in [1.29, 1.82) is 0 Å². The topological polar surface area (TPSA) is 92.3 Å². The Morgan fingerprint density at radius 2 is 1.71 bits per heavy atom. The number of anilines is 1. The molecule has 2 N–H and O–H groups in total. The number of hydrogen-bond donors (Lipinski definition) is 2. The highest BCUT2D eigenvalue weighted by molar-refractivity contribution is 7.89. The Bertz CT molecular complexity index is 833. The summed E-state index contributed by atoms with van der Waals surface area (Å²) in [7, 11) is -3.62. The number of rotatable bonds is 7. The summed E-state index contributed by atoms with van der Waals surface area (Å²) in [5, 5.41) is 2.64. The van der Waals surface area contributed by atoms with E-state index in [1.54, 1.807) is 42.5 Å². The van der Waals surface area contributed by atoms with Gasteiger partial charge in [0.15, 0.2) is 5.78 Å². The van der Waals surface area contributed by atoms with Crippen LogP contribution in [-0.2, 0) is 14.8 Å². The first kappa shape index (κ1) is 17.8. The van der Waals surface area contributed by atoms with E-state index in [1.807, 2.05) is 0 Å². The SMILES string of the molecule is CC(=O)c1cccc(NC(=O)CCNS(=O)(=O)c2ccccc2)c1. The van der Waals surface area contributed by atoms with Crippen molar-refractivity contribution >= 4 is 27.4 Å². The normalized spacial score (nSPS) is 11.0. The Labute approximate surface area is 140 Å². The van der Waals surface area contributed by atoms with E-state index in [9.17, 15) is 18.0 Å². The Morgan fingerprint density at radius 1 is 1.00 bits per heavy atom. The lowest BCUT2D eigenvalue weighted by Crippen LogP contribution is -2.27. The second-order valence-electron chi connectivity index (χ2n) is 5.15. The van der Waals surface area contributed by atoms with Crippen LogP contribution in [0.25, 0.3) is 0 Å². The van der Waals surface area contributed by atoms with Gasteiger partial charge in [0.2, 0.25) is 15.9 Å². The third-order valence-electron chi connectivity index (χ3n) is 3.25. The van der Waals surface area contributed by atoms with Crippen LogP contribution in [0.15, 0.2) is 59.5 Å². The quantitative estimate of drug-likeness (QED) is 0.752. The lowest BCUT2D eigenvalue weighted by Gasteiger charge is -2.08. The van der Waals surface area contributed by atoms with Crippen LogP contribution in [-0.4, -0.2) is 26.7 Å². The maximum absolute atomic E-state index is 12.0. The number of amides is 1.